The molecule has 3 heteroatoms. The van der Waals surface area contributed by atoms with E-state index in [1.54, 1.807) is 0 Å². The third-order valence-corrected chi connectivity index (χ3v) is 3.06. The highest BCUT2D eigenvalue weighted by Gasteiger charge is 2.10. The van der Waals surface area contributed by atoms with Crippen LogP contribution in [0.3, 0.4) is 0 Å². The van der Waals surface area contributed by atoms with Crippen molar-refractivity contribution in [2.45, 2.75) is 13.3 Å². The molecule has 68 valence electrons. The summed E-state index contributed by atoms with van der Waals surface area (Å²) in [5, 5.41) is 12.2. The summed E-state index contributed by atoms with van der Waals surface area (Å²) in [5.74, 6) is -0.742. The molecule has 2 rings (SSSR count). The molecule has 1 heterocycles. The number of phenols is 1. The van der Waals surface area contributed by atoms with Gasteiger partial charge in [0.15, 0.2) is 11.6 Å². The van der Waals surface area contributed by atoms with Gasteiger partial charge < -0.3 is 5.11 Å². The number of fused-ring (bicyclic) bond motifs is 1. The smallest absolute Gasteiger partial charge is 0.169 e. The van der Waals surface area contributed by atoms with Crippen molar-refractivity contribution in [3.05, 3.63) is 28.9 Å². The first-order chi connectivity index (χ1) is 6.24. The number of hydrogen-bond donors (Lipinski definition) is 1. The van der Waals surface area contributed by atoms with E-state index in [4.69, 9.17) is 0 Å². The van der Waals surface area contributed by atoms with E-state index < -0.39 is 5.82 Å². The van der Waals surface area contributed by atoms with Crippen molar-refractivity contribution < 1.29 is 9.50 Å². The maximum Gasteiger partial charge on any atom is 0.169 e. The lowest BCUT2D eigenvalue weighted by Gasteiger charge is -2.02. The largest absolute Gasteiger partial charge is 0.504 e. The molecule has 1 aromatic heterocycles. The molecule has 0 aliphatic carbocycles. The van der Waals surface area contributed by atoms with Gasteiger partial charge in [-0.15, -0.1) is 11.3 Å². The van der Waals surface area contributed by atoms with Crippen molar-refractivity contribution in [1.29, 1.82) is 0 Å². The maximum atomic E-state index is 13.1. The van der Waals surface area contributed by atoms with Gasteiger partial charge in [-0.1, -0.05) is 6.92 Å². The van der Waals surface area contributed by atoms with Crippen molar-refractivity contribution >= 4 is 21.4 Å². The Bertz CT molecular complexity index is 447. The fourth-order valence-electron chi connectivity index (χ4n) is 1.45. The fraction of sp³-hybridized carbons (Fsp3) is 0.200. The van der Waals surface area contributed by atoms with Gasteiger partial charge in [-0.25, -0.2) is 4.39 Å². The zero-order valence-electron chi connectivity index (χ0n) is 7.17. The Hall–Kier alpha value is -1.09. The van der Waals surface area contributed by atoms with Gasteiger partial charge in [0.1, 0.15) is 0 Å². The lowest BCUT2D eigenvalue weighted by atomic mass is 10.1. The van der Waals surface area contributed by atoms with Crippen LogP contribution in [0.2, 0.25) is 0 Å². The first kappa shape index (κ1) is 8.51. The molecular formula is C10H9FOS. The van der Waals surface area contributed by atoms with Gasteiger partial charge >= 0.3 is 0 Å². The SMILES string of the molecule is CCc1cc(F)c(O)c2sccc12. The number of thiophene rings is 1. The van der Waals surface area contributed by atoms with Crippen LogP contribution in [-0.2, 0) is 6.42 Å². The first-order valence-electron chi connectivity index (χ1n) is 4.11. The van der Waals surface area contributed by atoms with Crippen LogP contribution >= 0.6 is 11.3 Å². The quantitative estimate of drug-likeness (QED) is 0.741. The van der Waals surface area contributed by atoms with Gasteiger partial charge in [0.25, 0.3) is 0 Å². The summed E-state index contributed by atoms with van der Waals surface area (Å²) in [4.78, 5) is 0. The average molecular weight is 196 g/mol. The molecule has 0 saturated heterocycles. The Kier molecular flexibility index (Phi) is 1.96. The molecule has 2 aromatic rings. The van der Waals surface area contributed by atoms with Crippen LogP contribution in [0, 0.1) is 5.82 Å². The third-order valence-electron chi connectivity index (χ3n) is 2.13. The minimum absolute atomic E-state index is 0.220. The van der Waals surface area contributed by atoms with Crippen LogP contribution in [0.5, 0.6) is 5.75 Å². The number of rotatable bonds is 1. The predicted octanol–water partition coefficient (Wildman–Crippen LogP) is 3.31. The second kappa shape index (κ2) is 3.00. The first-order valence-corrected chi connectivity index (χ1v) is 4.99. The van der Waals surface area contributed by atoms with Gasteiger partial charge in [0.2, 0.25) is 0 Å². The highest BCUT2D eigenvalue weighted by atomic mass is 32.1. The van der Waals surface area contributed by atoms with E-state index in [0.29, 0.717) is 4.70 Å². The lowest BCUT2D eigenvalue weighted by molar-refractivity contribution is 0.439. The Labute approximate surface area is 79.4 Å². The molecule has 0 spiro atoms. The third kappa shape index (κ3) is 1.20. The Morgan fingerprint density at radius 1 is 1.54 bits per heavy atom. The van der Waals surface area contributed by atoms with E-state index in [1.807, 2.05) is 18.4 Å². The molecule has 0 atom stereocenters. The number of halogens is 1. The number of aromatic hydroxyl groups is 1. The van der Waals surface area contributed by atoms with E-state index in [-0.39, 0.29) is 5.75 Å². The van der Waals surface area contributed by atoms with Gasteiger partial charge in [0.05, 0.1) is 4.70 Å². The molecule has 0 bridgehead atoms. The molecular weight excluding hydrogens is 187 g/mol. The molecule has 0 fully saturated rings. The second-order valence-electron chi connectivity index (χ2n) is 2.88. The summed E-state index contributed by atoms with van der Waals surface area (Å²) in [5.41, 5.74) is 0.951. The highest BCUT2D eigenvalue weighted by Crippen LogP contribution is 2.34. The fourth-order valence-corrected chi connectivity index (χ4v) is 2.32. The van der Waals surface area contributed by atoms with Crippen molar-refractivity contribution in [1.82, 2.24) is 0 Å². The number of aryl methyl sites for hydroxylation is 1. The minimum atomic E-state index is -0.521. The number of hydrogen-bond acceptors (Lipinski definition) is 2. The van der Waals surface area contributed by atoms with Gasteiger partial charge in [-0.3, -0.25) is 0 Å². The van der Waals surface area contributed by atoms with E-state index in [0.717, 1.165) is 17.4 Å². The highest BCUT2D eigenvalue weighted by molar-refractivity contribution is 7.17. The number of benzene rings is 1. The average Bonchev–Trinajstić information content (AvgIpc) is 2.60. The molecule has 1 N–H and O–H groups in total. The normalized spacial score (nSPS) is 10.9. The van der Waals surface area contributed by atoms with Crippen molar-refractivity contribution in [2.75, 3.05) is 0 Å². The van der Waals surface area contributed by atoms with Crippen molar-refractivity contribution in [2.24, 2.45) is 0 Å². The van der Waals surface area contributed by atoms with Gasteiger partial charge in [-0.05, 0) is 34.9 Å². The molecule has 0 radical (unpaired) electrons. The molecule has 0 aliphatic rings. The maximum absolute atomic E-state index is 13.1. The molecule has 0 unspecified atom stereocenters. The van der Waals surface area contributed by atoms with Crippen molar-refractivity contribution in [3.8, 4) is 5.75 Å². The van der Waals surface area contributed by atoms with Crippen LogP contribution in [0.1, 0.15) is 12.5 Å². The molecule has 0 amide bonds. The summed E-state index contributed by atoms with van der Waals surface area (Å²) >= 11 is 1.37. The second-order valence-corrected chi connectivity index (χ2v) is 3.80. The van der Waals surface area contributed by atoms with E-state index >= 15 is 0 Å². The predicted molar refractivity (Wildman–Crippen MR) is 52.8 cm³/mol. The molecule has 0 aliphatic heterocycles. The Morgan fingerprint density at radius 2 is 2.31 bits per heavy atom. The summed E-state index contributed by atoms with van der Waals surface area (Å²) in [7, 11) is 0. The number of phenolic OH excluding ortho intramolecular Hbond substituents is 1. The minimum Gasteiger partial charge on any atom is -0.504 e. The van der Waals surface area contributed by atoms with Gasteiger partial charge in [0, 0.05) is 0 Å². The van der Waals surface area contributed by atoms with E-state index in [1.165, 1.54) is 17.4 Å². The topological polar surface area (TPSA) is 20.2 Å². The van der Waals surface area contributed by atoms with Crippen LogP contribution in [0.25, 0.3) is 10.1 Å². The van der Waals surface area contributed by atoms with Crippen LogP contribution in [-0.4, -0.2) is 5.11 Å². The standard InChI is InChI=1S/C10H9FOS/c1-2-6-5-8(11)9(12)10-7(6)3-4-13-10/h3-5,12H,2H2,1H3. The van der Waals surface area contributed by atoms with Crippen LogP contribution < -0.4 is 0 Å². The zero-order chi connectivity index (χ0) is 9.42. The molecule has 0 saturated carbocycles. The van der Waals surface area contributed by atoms with Crippen molar-refractivity contribution in [3.63, 3.8) is 0 Å². The molecule has 1 nitrogen and oxygen atoms in total. The van der Waals surface area contributed by atoms with E-state index in [2.05, 4.69) is 0 Å². The zero-order valence-corrected chi connectivity index (χ0v) is 7.99. The molecule has 1 aromatic carbocycles. The summed E-state index contributed by atoms with van der Waals surface area (Å²) in [6.45, 7) is 1.98. The monoisotopic (exact) mass is 196 g/mol. The summed E-state index contributed by atoms with van der Waals surface area (Å²) in [6.07, 6.45) is 0.782. The Balaban J connectivity index is 2.87. The lowest BCUT2D eigenvalue weighted by Crippen LogP contribution is -1.84. The Morgan fingerprint density at radius 3 is 3.00 bits per heavy atom. The summed E-state index contributed by atoms with van der Waals surface area (Å²) in [6, 6.07) is 3.32. The summed E-state index contributed by atoms with van der Waals surface area (Å²) < 4.78 is 13.8. The molecule has 13 heavy (non-hydrogen) atoms. The van der Waals surface area contributed by atoms with Crippen LogP contribution in [0.4, 0.5) is 4.39 Å². The van der Waals surface area contributed by atoms with E-state index in [9.17, 15) is 9.50 Å². The van der Waals surface area contributed by atoms with Crippen LogP contribution in [0.15, 0.2) is 17.5 Å². The van der Waals surface area contributed by atoms with Gasteiger partial charge in [-0.2, -0.15) is 0 Å².